The van der Waals surface area contributed by atoms with E-state index in [9.17, 15) is 14.7 Å². The molecule has 2 aromatic rings. The molecule has 20 heavy (non-hydrogen) atoms. The molecule has 0 radical (unpaired) electrons. The van der Waals surface area contributed by atoms with Crippen LogP contribution < -0.4 is 5.32 Å². The zero-order valence-corrected chi connectivity index (χ0v) is 11.0. The summed E-state index contributed by atoms with van der Waals surface area (Å²) in [5.74, 6) is -1.48. The Labute approximate surface area is 115 Å². The number of benzene rings is 1. The van der Waals surface area contributed by atoms with Crippen LogP contribution in [0.1, 0.15) is 21.6 Å². The van der Waals surface area contributed by atoms with Gasteiger partial charge in [-0.25, -0.2) is 9.78 Å². The number of hydrogen-bond donors (Lipinski definition) is 3. The number of amides is 1. The van der Waals surface area contributed by atoms with E-state index < -0.39 is 17.9 Å². The minimum absolute atomic E-state index is 0.160. The Balaban J connectivity index is 2.10. The summed E-state index contributed by atoms with van der Waals surface area (Å²) in [7, 11) is 0. The van der Waals surface area contributed by atoms with E-state index in [0.29, 0.717) is 11.3 Å². The van der Waals surface area contributed by atoms with Gasteiger partial charge in [0.05, 0.1) is 6.33 Å². The van der Waals surface area contributed by atoms with Crippen molar-refractivity contribution in [2.75, 3.05) is 0 Å². The number of imidazole rings is 1. The number of aromatic amines is 1. The van der Waals surface area contributed by atoms with Crippen LogP contribution in [0.5, 0.6) is 0 Å². The fraction of sp³-hybridized carbons (Fsp3) is 0.214. The number of rotatable bonds is 5. The molecule has 0 saturated heterocycles. The molecule has 0 aliphatic heterocycles. The molecule has 1 aromatic carbocycles. The van der Waals surface area contributed by atoms with E-state index in [2.05, 4.69) is 15.3 Å². The van der Waals surface area contributed by atoms with Gasteiger partial charge in [-0.2, -0.15) is 0 Å². The number of nitrogens with one attached hydrogen (secondary N) is 2. The highest BCUT2D eigenvalue weighted by Crippen LogP contribution is 2.08. The van der Waals surface area contributed by atoms with Gasteiger partial charge in [0.15, 0.2) is 0 Å². The van der Waals surface area contributed by atoms with Crippen molar-refractivity contribution in [2.24, 2.45) is 0 Å². The van der Waals surface area contributed by atoms with Crippen LogP contribution in [0.25, 0.3) is 0 Å². The SMILES string of the molecule is Cc1ccccc1C(=O)NC(Cc1cnc[nH]1)C(=O)O. The molecule has 3 N–H and O–H groups in total. The maximum absolute atomic E-state index is 12.1. The summed E-state index contributed by atoms with van der Waals surface area (Å²) in [6, 6.07) is 6.04. The van der Waals surface area contributed by atoms with Crippen LogP contribution in [0.3, 0.4) is 0 Å². The van der Waals surface area contributed by atoms with Crippen LogP contribution >= 0.6 is 0 Å². The lowest BCUT2D eigenvalue weighted by molar-refractivity contribution is -0.139. The molecule has 6 heteroatoms. The molecule has 0 aliphatic rings. The average molecular weight is 273 g/mol. The van der Waals surface area contributed by atoms with Crippen molar-refractivity contribution in [3.8, 4) is 0 Å². The zero-order valence-electron chi connectivity index (χ0n) is 11.0. The molecule has 104 valence electrons. The molecule has 0 saturated carbocycles. The normalized spacial score (nSPS) is 11.8. The fourth-order valence-corrected chi connectivity index (χ4v) is 1.88. The topological polar surface area (TPSA) is 95.1 Å². The van der Waals surface area contributed by atoms with E-state index in [1.807, 2.05) is 6.07 Å². The van der Waals surface area contributed by atoms with E-state index in [1.54, 1.807) is 25.1 Å². The second-order valence-corrected chi connectivity index (χ2v) is 4.46. The van der Waals surface area contributed by atoms with Crippen molar-refractivity contribution in [2.45, 2.75) is 19.4 Å². The third-order valence-corrected chi connectivity index (χ3v) is 2.97. The number of aliphatic carboxylic acids is 1. The first-order valence-electron chi connectivity index (χ1n) is 6.14. The zero-order chi connectivity index (χ0) is 14.5. The van der Waals surface area contributed by atoms with Gasteiger partial charge in [-0.1, -0.05) is 18.2 Å². The predicted molar refractivity (Wildman–Crippen MR) is 72.4 cm³/mol. The molecule has 0 spiro atoms. The van der Waals surface area contributed by atoms with Crippen molar-refractivity contribution in [1.82, 2.24) is 15.3 Å². The number of carbonyl (C=O) groups is 2. The molecule has 2 rings (SSSR count). The lowest BCUT2D eigenvalue weighted by Gasteiger charge is -2.14. The number of aryl methyl sites for hydroxylation is 1. The monoisotopic (exact) mass is 273 g/mol. The van der Waals surface area contributed by atoms with Crippen molar-refractivity contribution >= 4 is 11.9 Å². The summed E-state index contributed by atoms with van der Waals surface area (Å²) >= 11 is 0. The predicted octanol–water partition coefficient (Wildman–Crippen LogP) is 1.14. The Morgan fingerprint density at radius 2 is 2.15 bits per heavy atom. The Hall–Kier alpha value is -2.63. The van der Waals surface area contributed by atoms with Crippen LogP contribution in [0, 0.1) is 6.92 Å². The average Bonchev–Trinajstić information content (AvgIpc) is 2.91. The summed E-state index contributed by atoms with van der Waals surface area (Å²) < 4.78 is 0. The van der Waals surface area contributed by atoms with Crippen molar-refractivity contribution in [3.63, 3.8) is 0 Å². The maximum atomic E-state index is 12.1. The molecular formula is C14H15N3O3. The van der Waals surface area contributed by atoms with E-state index in [1.165, 1.54) is 12.5 Å². The minimum Gasteiger partial charge on any atom is -0.480 e. The number of nitrogens with zero attached hydrogens (tertiary/aromatic N) is 1. The van der Waals surface area contributed by atoms with Gasteiger partial charge >= 0.3 is 5.97 Å². The highest BCUT2D eigenvalue weighted by atomic mass is 16.4. The third kappa shape index (κ3) is 3.23. The highest BCUT2D eigenvalue weighted by Gasteiger charge is 2.22. The Morgan fingerprint density at radius 3 is 2.75 bits per heavy atom. The summed E-state index contributed by atoms with van der Waals surface area (Å²) in [6.45, 7) is 1.81. The number of carboxylic acid groups (broad SMARTS) is 1. The van der Waals surface area contributed by atoms with Crippen molar-refractivity contribution < 1.29 is 14.7 Å². The minimum atomic E-state index is -1.08. The Morgan fingerprint density at radius 1 is 1.40 bits per heavy atom. The fourth-order valence-electron chi connectivity index (χ4n) is 1.88. The van der Waals surface area contributed by atoms with E-state index in [-0.39, 0.29) is 6.42 Å². The smallest absolute Gasteiger partial charge is 0.326 e. The lowest BCUT2D eigenvalue weighted by Crippen LogP contribution is -2.42. The highest BCUT2D eigenvalue weighted by molar-refractivity contribution is 5.97. The number of hydrogen-bond acceptors (Lipinski definition) is 3. The lowest BCUT2D eigenvalue weighted by atomic mass is 10.1. The van der Waals surface area contributed by atoms with E-state index >= 15 is 0 Å². The molecule has 0 fully saturated rings. The number of carbonyl (C=O) groups excluding carboxylic acids is 1. The summed E-state index contributed by atoms with van der Waals surface area (Å²) in [6.07, 6.45) is 3.17. The molecule has 1 amide bonds. The Kier molecular flexibility index (Phi) is 4.14. The number of H-pyrrole nitrogens is 1. The van der Waals surface area contributed by atoms with Gasteiger partial charge in [0.2, 0.25) is 0 Å². The largest absolute Gasteiger partial charge is 0.480 e. The van der Waals surface area contributed by atoms with Crippen LogP contribution in [-0.4, -0.2) is 33.0 Å². The molecule has 0 bridgehead atoms. The van der Waals surface area contributed by atoms with Gasteiger partial charge in [-0.15, -0.1) is 0 Å². The first-order valence-corrected chi connectivity index (χ1v) is 6.14. The summed E-state index contributed by atoms with van der Waals surface area (Å²) in [4.78, 5) is 30.0. The molecule has 6 nitrogen and oxygen atoms in total. The summed E-state index contributed by atoms with van der Waals surface area (Å²) in [5.41, 5.74) is 1.93. The van der Waals surface area contributed by atoms with Crippen LogP contribution in [-0.2, 0) is 11.2 Å². The quantitative estimate of drug-likeness (QED) is 0.761. The number of carboxylic acids is 1. The molecule has 1 unspecified atom stereocenters. The van der Waals surface area contributed by atoms with Crippen molar-refractivity contribution in [3.05, 3.63) is 53.6 Å². The van der Waals surface area contributed by atoms with Gasteiger partial charge in [0, 0.05) is 23.9 Å². The number of aromatic nitrogens is 2. The van der Waals surface area contributed by atoms with Gasteiger partial charge in [-0.3, -0.25) is 4.79 Å². The molecule has 1 atom stereocenters. The molecule has 1 aromatic heterocycles. The first kappa shape index (κ1) is 13.8. The van der Waals surface area contributed by atoms with Gasteiger partial charge in [-0.05, 0) is 18.6 Å². The van der Waals surface area contributed by atoms with Gasteiger partial charge < -0.3 is 15.4 Å². The van der Waals surface area contributed by atoms with Gasteiger partial charge in [0.1, 0.15) is 6.04 Å². The third-order valence-electron chi connectivity index (χ3n) is 2.97. The summed E-state index contributed by atoms with van der Waals surface area (Å²) in [5, 5.41) is 11.7. The molecule has 0 aliphatic carbocycles. The standard InChI is InChI=1S/C14H15N3O3/c1-9-4-2-3-5-11(9)13(18)17-12(14(19)20)6-10-7-15-8-16-10/h2-5,7-8,12H,6H2,1H3,(H,15,16)(H,17,18)(H,19,20). The Bertz CT molecular complexity index is 608. The molecular weight excluding hydrogens is 258 g/mol. The second kappa shape index (κ2) is 6.01. The second-order valence-electron chi connectivity index (χ2n) is 4.46. The molecule has 1 heterocycles. The van der Waals surface area contributed by atoms with Gasteiger partial charge in [0.25, 0.3) is 5.91 Å². The van der Waals surface area contributed by atoms with Crippen LogP contribution in [0.2, 0.25) is 0 Å². The van der Waals surface area contributed by atoms with E-state index in [4.69, 9.17) is 0 Å². The van der Waals surface area contributed by atoms with E-state index in [0.717, 1.165) is 5.56 Å². The van der Waals surface area contributed by atoms with Crippen molar-refractivity contribution in [1.29, 1.82) is 0 Å². The van der Waals surface area contributed by atoms with Crippen LogP contribution in [0.4, 0.5) is 0 Å². The van der Waals surface area contributed by atoms with Crippen LogP contribution in [0.15, 0.2) is 36.8 Å². The first-order chi connectivity index (χ1) is 9.58. The maximum Gasteiger partial charge on any atom is 0.326 e.